The van der Waals surface area contributed by atoms with Gasteiger partial charge in [-0.05, 0) is 73.5 Å². The molecule has 0 aliphatic rings. The number of benzene rings is 2. The van der Waals surface area contributed by atoms with Gasteiger partial charge in [-0.1, -0.05) is 6.07 Å². The van der Waals surface area contributed by atoms with E-state index in [9.17, 15) is 9.18 Å². The second kappa shape index (κ2) is 9.14. The number of halogens is 1. The molecule has 2 aromatic carbocycles. The van der Waals surface area contributed by atoms with Crippen molar-refractivity contribution in [3.63, 3.8) is 0 Å². The van der Waals surface area contributed by atoms with Gasteiger partial charge in [-0.15, -0.1) is 0 Å². The van der Waals surface area contributed by atoms with Crippen LogP contribution >= 0.6 is 0 Å². The van der Waals surface area contributed by atoms with Crippen LogP contribution in [0.5, 0.6) is 0 Å². The van der Waals surface area contributed by atoms with Gasteiger partial charge in [0.25, 0.3) is 5.91 Å². The first-order valence-electron chi connectivity index (χ1n) is 10.5. The summed E-state index contributed by atoms with van der Waals surface area (Å²) in [5.74, 6) is -0.414. The predicted molar refractivity (Wildman–Crippen MR) is 126 cm³/mol. The van der Waals surface area contributed by atoms with Crippen LogP contribution in [-0.4, -0.2) is 29.5 Å². The average molecular weight is 429 g/mol. The molecule has 2 heterocycles. The molecule has 0 aliphatic carbocycles. The topological polar surface area (TPSA) is 66.9 Å². The van der Waals surface area contributed by atoms with Crippen molar-refractivity contribution >= 4 is 22.5 Å². The molecule has 0 bridgehead atoms. The van der Waals surface area contributed by atoms with Gasteiger partial charge in [0.15, 0.2) is 0 Å². The minimum Gasteiger partial charge on any atom is -0.386 e. The Morgan fingerprint density at radius 3 is 2.59 bits per heavy atom. The van der Waals surface area contributed by atoms with Crippen molar-refractivity contribution < 1.29 is 9.18 Å². The molecule has 162 valence electrons. The van der Waals surface area contributed by atoms with E-state index in [1.165, 1.54) is 12.1 Å². The summed E-state index contributed by atoms with van der Waals surface area (Å²) in [6.07, 6.45) is 2.33. The first-order chi connectivity index (χ1) is 15.5. The minimum atomic E-state index is -0.270. The van der Waals surface area contributed by atoms with E-state index in [1.807, 2.05) is 51.2 Å². The fraction of sp³-hybridized carbons (Fsp3) is 0.192. The highest BCUT2D eigenvalue weighted by Crippen LogP contribution is 2.25. The Morgan fingerprint density at radius 2 is 1.84 bits per heavy atom. The number of carbonyl (C=O) groups is 1. The molecule has 2 aromatic heterocycles. The van der Waals surface area contributed by atoms with E-state index >= 15 is 0 Å². The summed E-state index contributed by atoms with van der Waals surface area (Å²) in [4.78, 5) is 21.9. The number of carbonyl (C=O) groups excluding carboxylic acids is 1. The molecule has 4 rings (SSSR count). The van der Waals surface area contributed by atoms with Crippen LogP contribution in [0, 0.1) is 19.7 Å². The van der Waals surface area contributed by atoms with Crippen molar-refractivity contribution in [1.29, 1.82) is 0 Å². The van der Waals surface area contributed by atoms with Gasteiger partial charge in [-0.3, -0.25) is 14.8 Å². The van der Waals surface area contributed by atoms with E-state index in [-0.39, 0.29) is 11.7 Å². The van der Waals surface area contributed by atoms with Gasteiger partial charge in [-0.25, -0.2) is 4.39 Å². The van der Waals surface area contributed by atoms with Crippen LogP contribution < -0.4 is 10.6 Å². The molecule has 0 aliphatic heterocycles. The SMILES string of the molecule is CNc1cc(C(=O)NCCc2cc(C)c(C)c(-c3ccc(F)cc3)n2)cc2cccnc12. The van der Waals surface area contributed by atoms with Gasteiger partial charge in [0.2, 0.25) is 0 Å². The van der Waals surface area contributed by atoms with Crippen molar-refractivity contribution in [3.05, 3.63) is 89.0 Å². The molecule has 0 unspecified atom stereocenters. The molecule has 2 N–H and O–H groups in total. The smallest absolute Gasteiger partial charge is 0.251 e. The Morgan fingerprint density at radius 1 is 1.06 bits per heavy atom. The number of nitrogens with zero attached hydrogens (tertiary/aromatic N) is 2. The number of aryl methyl sites for hydroxylation is 1. The molecule has 0 radical (unpaired) electrons. The van der Waals surface area contributed by atoms with E-state index < -0.39 is 0 Å². The van der Waals surface area contributed by atoms with Crippen molar-refractivity contribution in [1.82, 2.24) is 15.3 Å². The molecule has 32 heavy (non-hydrogen) atoms. The van der Waals surface area contributed by atoms with E-state index in [0.29, 0.717) is 18.5 Å². The van der Waals surface area contributed by atoms with E-state index in [4.69, 9.17) is 4.98 Å². The summed E-state index contributed by atoms with van der Waals surface area (Å²) < 4.78 is 13.3. The second-order valence-corrected chi connectivity index (χ2v) is 7.77. The fourth-order valence-corrected chi connectivity index (χ4v) is 3.74. The van der Waals surface area contributed by atoms with Crippen LogP contribution in [0.15, 0.2) is 60.8 Å². The van der Waals surface area contributed by atoms with Gasteiger partial charge in [0, 0.05) is 48.4 Å². The maximum atomic E-state index is 13.3. The molecule has 5 nitrogen and oxygen atoms in total. The maximum absolute atomic E-state index is 13.3. The second-order valence-electron chi connectivity index (χ2n) is 7.77. The van der Waals surface area contributed by atoms with Gasteiger partial charge in [0.1, 0.15) is 5.82 Å². The first-order valence-corrected chi connectivity index (χ1v) is 10.5. The molecule has 1 amide bonds. The molecule has 0 spiro atoms. The predicted octanol–water partition coefficient (Wildman–Crippen LogP) is 5.07. The van der Waals surface area contributed by atoms with E-state index in [0.717, 1.165) is 44.7 Å². The lowest BCUT2D eigenvalue weighted by molar-refractivity contribution is 0.0954. The third-order valence-corrected chi connectivity index (χ3v) is 5.61. The molecular formula is C26H25FN4O. The van der Waals surface area contributed by atoms with Gasteiger partial charge in [-0.2, -0.15) is 0 Å². The summed E-state index contributed by atoms with van der Waals surface area (Å²) in [6.45, 7) is 4.51. The Labute approximate surface area is 186 Å². The third kappa shape index (κ3) is 4.44. The summed E-state index contributed by atoms with van der Waals surface area (Å²) >= 11 is 0. The zero-order valence-electron chi connectivity index (χ0n) is 18.4. The third-order valence-electron chi connectivity index (χ3n) is 5.61. The quantitative estimate of drug-likeness (QED) is 0.450. The molecule has 0 saturated carbocycles. The van der Waals surface area contributed by atoms with Crippen LogP contribution in [0.4, 0.5) is 10.1 Å². The molecule has 0 atom stereocenters. The number of aromatic nitrogens is 2. The molecule has 6 heteroatoms. The zero-order chi connectivity index (χ0) is 22.7. The van der Waals surface area contributed by atoms with Crippen molar-refractivity contribution in [2.45, 2.75) is 20.3 Å². The number of anilines is 1. The number of amides is 1. The molecular weight excluding hydrogens is 403 g/mol. The number of nitrogens with one attached hydrogen (secondary N) is 2. The van der Waals surface area contributed by atoms with E-state index in [1.54, 1.807) is 18.3 Å². The maximum Gasteiger partial charge on any atom is 0.251 e. The zero-order valence-corrected chi connectivity index (χ0v) is 18.4. The number of hydrogen-bond acceptors (Lipinski definition) is 4. The minimum absolute atomic E-state index is 0.144. The van der Waals surface area contributed by atoms with Crippen LogP contribution in [0.1, 0.15) is 27.2 Å². The van der Waals surface area contributed by atoms with Gasteiger partial charge < -0.3 is 10.6 Å². The van der Waals surface area contributed by atoms with Crippen LogP contribution in [0.25, 0.3) is 22.2 Å². The highest BCUT2D eigenvalue weighted by molar-refractivity contribution is 6.02. The van der Waals surface area contributed by atoms with Crippen LogP contribution in [0.2, 0.25) is 0 Å². The van der Waals surface area contributed by atoms with Crippen molar-refractivity contribution in [2.24, 2.45) is 0 Å². The summed E-state index contributed by atoms with van der Waals surface area (Å²) in [5.41, 5.74) is 7.00. The average Bonchev–Trinajstić information content (AvgIpc) is 2.81. The molecule has 0 saturated heterocycles. The lowest BCUT2D eigenvalue weighted by Gasteiger charge is -2.13. The fourth-order valence-electron chi connectivity index (χ4n) is 3.74. The largest absolute Gasteiger partial charge is 0.386 e. The summed E-state index contributed by atoms with van der Waals surface area (Å²) in [7, 11) is 1.81. The standard InChI is InChI=1S/C26H25FN4O/c1-16-13-22(31-24(17(16)2)18-6-8-21(27)9-7-18)10-12-30-26(32)20-14-19-5-4-11-29-25(19)23(15-20)28-3/h4-9,11,13-15,28H,10,12H2,1-3H3,(H,30,32). The lowest BCUT2D eigenvalue weighted by Crippen LogP contribution is -2.26. The lowest BCUT2D eigenvalue weighted by atomic mass is 10.0. The van der Waals surface area contributed by atoms with E-state index in [2.05, 4.69) is 15.6 Å². The van der Waals surface area contributed by atoms with Crippen LogP contribution in [0.3, 0.4) is 0 Å². The van der Waals surface area contributed by atoms with Crippen molar-refractivity contribution in [2.75, 3.05) is 18.9 Å². The normalized spacial score (nSPS) is 10.9. The van der Waals surface area contributed by atoms with Gasteiger partial charge in [0.05, 0.1) is 16.9 Å². The molecule has 4 aromatic rings. The van der Waals surface area contributed by atoms with Crippen LogP contribution in [-0.2, 0) is 6.42 Å². The first kappa shape index (κ1) is 21.4. The molecule has 0 fully saturated rings. The Kier molecular flexibility index (Phi) is 6.12. The monoisotopic (exact) mass is 428 g/mol. The number of pyridine rings is 2. The summed E-state index contributed by atoms with van der Waals surface area (Å²) in [5, 5.41) is 7.00. The number of fused-ring (bicyclic) bond motifs is 1. The highest BCUT2D eigenvalue weighted by atomic mass is 19.1. The Balaban J connectivity index is 1.49. The highest BCUT2D eigenvalue weighted by Gasteiger charge is 2.12. The number of hydrogen-bond donors (Lipinski definition) is 2. The summed E-state index contributed by atoms with van der Waals surface area (Å²) in [6, 6.07) is 15.9. The van der Waals surface area contributed by atoms with Gasteiger partial charge >= 0.3 is 0 Å². The Bertz CT molecular complexity index is 1290. The number of rotatable bonds is 6. The Hall–Kier alpha value is -3.80. The van der Waals surface area contributed by atoms with Crippen molar-refractivity contribution in [3.8, 4) is 11.3 Å².